The maximum atomic E-state index is 9.09. The van der Waals surface area contributed by atoms with Gasteiger partial charge in [0.05, 0.1) is 19.0 Å². The Kier molecular flexibility index (Phi) is 0.873. The lowest BCUT2D eigenvalue weighted by atomic mass is 10.3. The van der Waals surface area contributed by atoms with E-state index < -0.39 is 0 Å². The van der Waals surface area contributed by atoms with Gasteiger partial charge in [-0.15, -0.1) is 0 Å². The first-order valence-corrected chi connectivity index (χ1v) is 3.03. The van der Waals surface area contributed by atoms with E-state index in [1.165, 1.54) is 0 Å². The van der Waals surface area contributed by atoms with Gasteiger partial charge in [-0.25, -0.2) is 4.98 Å². The van der Waals surface area contributed by atoms with Crippen molar-refractivity contribution in [3.05, 3.63) is 18.2 Å². The molecule has 1 atom stereocenters. The number of aromatic nitrogens is 2. The van der Waals surface area contributed by atoms with Crippen LogP contribution in [0.5, 0.6) is 0 Å². The summed E-state index contributed by atoms with van der Waals surface area (Å²) in [7, 11) is 0. The average Bonchev–Trinajstić information content (AvgIpc) is 2.22. The van der Waals surface area contributed by atoms with Gasteiger partial charge < -0.3 is 9.67 Å². The van der Waals surface area contributed by atoms with Crippen LogP contribution in [0.2, 0.25) is 0 Å². The second kappa shape index (κ2) is 1.57. The predicted molar refractivity (Wildman–Crippen MR) is 31.9 cm³/mol. The largest absolute Gasteiger partial charge is 0.391 e. The Labute approximate surface area is 53.0 Å². The maximum Gasteiger partial charge on any atom is 0.0949 e. The number of nitrogens with zero attached hydrogens (tertiary/aromatic N) is 2. The van der Waals surface area contributed by atoms with E-state index in [2.05, 4.69) is 4.98 Å². The van der Waals surface area contributed by atoms with Crippen LogP contribution in [0.1, 0.15) is 5.69 Å². The molecule has 1 aromatic heterocycles. The van der Waals surface area contributed by atoms with Gasteiger partial charge in [0.2, 0.25) is 0 Å². The summed E-state index contributed by atoms with van der Waals surface area (Å²) in [6.45, 7) is 0.718. The summed E-state index contributed by atoms with van der Waals surface area (Å²) in [5.41, 5.74) is 1.14. The predicted octanol–water partition coefficient (Wildman–Crippen LogP) is -0.200. The fourth-order valence-electron chi connectivity index (χ4n) is 1.22. The van der Waals surface area contributed by atoms with Crippen LogP contribution in [0.15, 0.2) is 12.5 Å². The number of aliphatic hydroxyl groups is 1. The topological polar surface area (TPSA) is 38.1 Å². The second-order valence-corrected chi connectivity index (χ2v) is 2.40. The first kappa shape index (κ1) is 4.99. The molecule has 1 aromatic rings. The van der Waals surface area contributed by atoms with Crippen molar-refractivity contribution >= 4 is 0 Å². The van der Waals surface area contributed by atoms with Crippen LogP contribution in [-0.2, 0) is 13.0 Å². The first-order chi connectivity index (χ1) is 4.36. The molecule has 1 N–H and O–H groups in total. The van der Waals surface area contributed by atoms with E-state index in [-0.39, 0.29) is 6.10 Å². The molecule has 0 unspecified atom stereocenters. The van der Waals surface area contributed by atoms with Gasteiger partial charge in [-0.3, -0.25) is 0 Å². The Hall–Kier alpha value is -0.830. The molecule has 3 nitrogen and oxygen atoms in total. The molecule has 3 heteroatoms. The zero-order chi connectivity index (χ0) is 6.27. The van der Waals surface area contributed by atoms with Crippen LogP contribution in [0.25, 0.3) is 0 Å². The number of rotatable bonds is 0. The SMILES string of the molecule is O[C@H]1Cc2cncn2C1. The average molecular weight is 124 g/mol. The minimum absolute atomic E-state index is 0.178. The molecular formula is C6H8N2O. The number of hydrogen-bond donors (Lipinski definition) is 1. The van der Waals surface area contributed by atoms with E-state index in [1.807, 2.05) is 4.57 Å². The molecule has 1 aliphatic rings. The second-order valence-electron chi connectivity index (χ2n) is 2.40. The fraction of sp³-hybridized carbons (Fsp3) is 0.500. The molecule has 1 aliphatic heterocycles. The van der Waals surface area contributed by atoms with Crippen LogP contribution in [-0.4, -0.2) is 20.8 Å². The normalized spacial score (nSPS) is 24.3. The summed E-state index contributed by atoms with van der Waals surface area (Å²) in [6, 6.07) is 0. The van der Waals surface area contributed by atoms with Gasteiger partial charge in [-0.2, -0.15) is 0 Å². The molecule has 0 aliphatic carbocycles. The van der Waals surface area contributed by atoms with E-state index in [0.717, 1.165) is 18.7 Å². The lowest BCUT2D eigenvalue weighted by Gasteiger charge is -1.94. The van der Waals surface area contributed by atoms with E-state index in [4.69, 9.17) is 5.11 Å². The molecule has 0 spiro atoms. The summed E-state index contributed by atoms with van der Waals surface area (Å²) in [5, 5.41) is 9.09. The molecule has 0 saturated heterocycles. The van der Waals surface area contributed by atoms with Gasteiger partial charge in [0.25, 0.3) is 0 Å². The van der Waals surface area contributed by atoms with Crippen LogP contribution in [0.3, 0.4) is 0 Å². The van der Waals surface area contributed by atoms with Crippen molar-refractivity contribution in [2.24, 2.45) is 0 Å². The van der Waals surface area contributed by atoms with Gasteiger partial charge in [0.1, 0.15) is 0 Å². The minimum atomic E-state index is -0.178. The van der Waals surface area contributed by atoms with Crippen molar-refractivity contribution < 1.29 is 5.11 Å². The van der Waals surface area contributed by atoms with Gasteiger partial charge in [-0.05, 0) is 0 Å². The number of fused-ring (bicyclic) bond motifs is 1. The lowest BCUT2D eigenvalue weighted by molar-refractivity contribution is 0.175. The highest BCUT2D eigenvalue weighted by atomic mass is 16.3. The molecular weight excluding hydrogens is 116 g/mol. The van der Waals surface area contributed by atoms with Crippen molar-refractivity contribution in [1.29, 1.82) is 0 Å². The zero-order valence-electron chi connectivity index (χ0n) is 4.99. The van der Waals surface area contributed by atoms with Crippen molar-refractivity contribution in [2.75, 3.05) is 0 Å². The van der Waals surface area contributed by atoms with E-state index in [0.29, 0.717) is 0 Å². The number of aliphatic hydroxyl groups excluding tert-OH is 1. The Morgan fingerprint density at radius 3 is 3.44 bits per heavy atom. The third-order valence-corrected chi connectivity index (χ3v) is 1.65. The standard InChI is InChI=1S/C6H8N2O/c9-6-1-5-2-7-4-8(5)3-6/h2,4,6,9H,1,3H2/t6-/m0/s1. The Bertz CT molecular complexity index is 198. The molecule has 48 valence electrons. The highest BCUT2D eigenvalue weighted by molar-refractivity contribution is 5.04. The monoisotopic (exact) mass is 124 g/mol. The molecule has 2 rings (SSSR count). The summed E-state index contributed by atoms with van der Waals surface area (Å²) in [6.07, 6.45) is 4.14. The minimum Gasteiger partial charge on any atom is -0.391 e. The summed E-state index contributed by atoms with van der Waals surface area (Å²) < 4.78 is 1.98. The van der Waals surface area contributed by atoms with Crippen molar-refractivity contribution in [1.82, 2.24) is 9.55 Å². The van der Waals surface area contributed by atoms with Crippen LogP contribution in [0.4, 0.5) is 0 Å². The molecule has 0 amide bonds. The molecule has 9 heavy (non-hydrogen) atoms. The van der Waals surface area contributed by atoms with Crippen LogP contribution >= 0.6 is 0 Å². The highest BCUT2D eigenvalue weighted by Crippen LogP contribution is 2.12. The van der Waals surface area contributed by atoms with E-state index in [9.17, 15) is 0 Å². The van der Waals surface area contributed by atoms with E-state index >= 15 is 0 Å². The number of imidazole rings is 1. The van der Waals surface area contributed by atoms with Gasteiger partial charge in [0.15, 0.2) is 0 Å². The van der Waals surface area contributed by atoms with Crippen molar-refractivity contribution in [3.63, 3.8) is 0 Å². The molecule has 0 aromatic carbocycles. The van der Waals surface area contributed by atoms with Gasteiger partial charge in [-0.1, -0.05) is 0 Å². The molecule has 0 saturated carbocycles. The van der Waals surface area contributed by atoms with E-state index in [1.54, 1.807) is 12.5 Å². The molecule has 0 fully saturated rings. The Morgan fingerprint density at radius 2 is 2.67 bits per heavy atom. The maximum absolute atomic E-state index is 9.09. The smallest absolute Gasteiger partial charge is 0.0949 e. The van der Waals surface area contributed by atoms with Crippen LogP contribution < -0.4 is 0 Å². The quantitative estimate of drug-likeness (QED) is 0.520. The lowest BCUT2D eigenvalue weighted by Crippen LogP contribution is -2.06. The van der Waals surface area contributed by atoms with Crippen molar-refractivity contribution in [2.45, 2.75) is 19.1 Å². The third kappa shape index (κ3) is 0.650. The molecule has 2 heterocycles. The first-order valence-electron chi connectivity index (χ1n) is 3.03. The Morgan fingerprint density at radius 1 is 1.78 bits per heavy atom. The van der Waals surface area contributed by atoms with Crippen LogP contribution in [0, 0.1) is 0 Å². The molecule has 0 bridgehead atoms. The van der Waals surface area contributed by atoms with Gasteiger partial charge >= 0.3 is 0 Å². The highest BCUT2D eigenvalue weighted by Gasteiger charge is 2.17. The summed E-state index contributed by atoms with van der Waals surface area (Å²) in [4.78, 5) is 3.93. The number of hydrogen-bond acceptors (Lipinski definition) is 2. The third-order valence-electron chi connectivity index (χ3n) is 1.65. The zero-order valence-corrected chi connectivity index (χ0v) is 4.99. The fourth-order valence-corrected chi connectivity index (χ4v) is 1.22. The van der Waals surface area contributed by atoms with Crippen molar-refractivity contribution in [3.8, 4) is 0 Å². The summed E-state index contributed by atoms with van der Waals surface area (Å²) >= 11 is 0. The molecule has 0 radical (unpaired) electrons. The Balaban J connectivity index is 2.39. The van der Waals surface area contributed by atoms with Gasteiger partial charge in [0, 0.05) is 18.3 Å². The summed E-state index contributed by atoms with van der Waals surface area (Å²) in [5.74, 6) is 0.